The summed E-state index contributed by atoms with van der Waals surface area (Å²) in [6.45, 7) is 2.15. The maximum Gasteiger partial charge on any atom is 0.165 e. The van der Waals surface area contributed by atoms with Crippen molar-refractivity contribution in [1.82, 2.24) is 9.71 Å². The number of aromatic nitrogens is 1. The van der Waals surface area contributed by atoms with E-state index in [0.29, 0.717) is 6.04 Å². The lowest BCUT2D eigenvalue weighted by atomic mass is 9.96. The molecule has 1 N–H and O–H groups in total. The first-order chi connectivity index (χ1) is 7.38. The van der Waals surface area contributed by atoms with Gasteiger partial charge in [-0.2, -0.15) is 0 Å². The van der Waals surface area contributed by atoms with Crippen LogP contribution in [0.1, 0.15) is 44.7 Å². The van der Waals surface area contributed by atoms with Crippen LogP contribution in [-0.2, 0) is 6.42 Å². The first kappa shape index (κ1) is 11.4. The van der Waals surface area contributed by atoms with E-state index < -0.39 is 0 Å². The molecule has 0 unspecified atom stereocenters. The molecule has 1 aliphatic rings. The van der Waals surface area contributed by atoms with Gasteiger partial charge in [-0.25, -0.2) is 4.98 Å². The van der Waals surface area contributed by atoms with Crippen LogP contribution in [-0.4, -0.2) is 11.0 Å². The molecule has 0 saturated heterocycles. The molecular formula is C11H18N2S2. The van der Waals surface area contributed by atoms with Gasteiger partial charge in [0.2, 0.25) is 0 Å². The van der Waals surface area contributed by atoms with Crippen LogP contribution in [0.3, 0.4) is 0 Å². The highest BCUT2D eigenvalue weighted by atomic mass is 32.2. The summed E-state index contributed by atoms with van der Waals surface area (Å²) in [5.74, 6) is 0. The van der Waals surface area contributed by atoms with E-state index in [4.69, 9.17) is 0 Å². The first-order valence-corrected chi connectivity index (χ1v) is 7.45. The van der Waals surface area contributed by atoms with Gasteiger partial charge in [0.1, 0.15) is 0 Å². The third-order valence-electron chi connectivity index (χ3n) is 2.81. The van der Waals surface area contributed by atoms with Crippen LogP contribution in [0.2, 0.25) is 0 Å². The lowest BCUT2D eigenvalue weighted by Crippen LogP contribution is -2.25. The molecule has 2 rings (SSSR count). The Morgan fingerprint density at radius 2 is 2.27 bits per heavy atom. The van der Waals surface area contributed by atoms with E-state index in [1.54, 1.807) is 23.3 Å². The van der Waals surface area contributed by atoms with Crippen molar-refractivity contribution in [3.63, 3.8) is 0 Å². The first-order valence-electron chi connectivity index (χ1n) is 5.75. The highest BCUT2D eigenvalue weighted by molar-refractivity contribution is 7.99. The lowest BCUT2D eigenvalue weighted by Gasteiger charge is -2.21. The number of nitrogens with zero attached hydrogens (tertiary/aromatic N) is 1. The Hall–Kier alpha value is -0.0600. The monoisotopic (exact) mass is 242 g/mol. The number of hydrogen-bond donors (Lipinski definition) is 1. The summed E-state index contributed by atoms with van der Waals surface area (Å²) in [7, 11) is 0. The van der Waals surface area contributed by atoms with Gasteiger partial charge in [-0.15, -0.1) is 11.3 Å². The van der Waals surface area contributed by atoms with E-state index in [-0.39, 0.29) is 0 Å². The van der Waals surface area contributed by atoms with Crippen LogP contribution < -0.4 is 4.72 Å². The molecule has 15 heavy (non-hydrogen) atoms. The predicted octanol–water partition coefficient (Wildman–Crippen LogP) is 3.63. The smallest absolute Gasteiger partial charge is 0.165 e. The van der Waals surface area contributed by atoms with Gasteiger partial charge < -0.3 is 0 Å². The minimum absolute atomic E-state index is 0.706. The van der Waals surface area contributed by atoms with Crippen molar-refractivity contribution in [2.45, 2.75) is 55.8 Å². The summed E-state index contributed by atoms with van der Waals surface area (Å²) in [6.07, 6.45) is 7.89. The summed E-state index contributed by atoms with van der Waals surface area (Å²) >= 11 is 3.47. The molecule has 0 bridgehead atoms. The number of thiazole rings is 1. The molecule has 0 amide bonds. The minimum Gasteiger partial charge on any atom is -0.255 e. The molecule has 0 aliphatic heterocycles. The molecule has 0 atom stereocenters. The van der Waals surface area contributed by atoms with E-state index >= 15 is 0 Å². The predicted molar refractivity (Wildman–Crippen MR) is 67.4 cm³/mol. The molecule has 0 spiro atoms. The molecule has 1 heterocycles. The summed E-state index contributed by atoms with van der Waals surface area (Å²) in [6, 6.07) is 0.706. The molecule has 84 valence electrons. The molecule has 0 radical (unpaired) electrons. The van der Waals surface area contributed by atoms with Gasteiger partial charge in [-0.05, 0) is 31.2 Å². The van der Waals surface area contributed by atoms with E-state index in [0.717, 1.165) is 10.8 Å². The van der Waals surface area contributed by atoms with Crippen LogP contribution in [0, 0.1) is 0 Å². The fourth-order valence-electron chi connectivity index (χ4n) is 1.85. The van der Waals surface area contributed by atoms with Crippen molar-refractivity contribution in [3.05, 3.63) is 11.1 Å². The zero-order chi connectivity index (χ0) is 10.5. The normalized spacial score (nSPS) is 18.2. The van der Waals surface area contributed by atoms with Crippen LogP contribution in [0.5, 0.6) is 0 Å². The number of aryl methyl sites for hydroxylation is 1. The zero-order valence-corrected chi connectivity index (χ0v) is 10.8. The molecule has 0 aromatic carbocycles. The Kier molecular flexibility index (Phi) is 4.47. The fraction of sp³-hybridized carbons (Fsp3) is 0.727. The fourth-order valence-corrected chi connectivity index (χ4v) is 3.63. The molecule has 1 saturated carbocycles. The second-order valence-corrected chi connectivity index (χ2v) is 5.96. The second-order valence-electron chi connectivity index (χ2n) is 4.01. The SMILES string of the molecule is CCc1csc(SNC2CCCCC2)n1. The highest BCUT2D eigenvalue weighted by Gasteiger charge is 2.13. The maximum absolute atomic E-state index is 4.53. The van der Waals surface area contributed by atoms with Crippen LogP contribution in [0.15, 0.2) is 9.72 Å². The Morgan fingerprint density at radius 1 is 1.47 bits per heavy atom. The number of hydrogen-bond acceptors (Lipinski definition) is 4. The van der Waals surface area contributed by atoms with Gasteiger partial charge in [-0.3, -0.25) is 4.72 Å². The van der Waals surface area contributed by atoms with Gasteiger partial charge in [0.05, 0.1) is 5.69 Å². The third kappa shape index (κ3) is 3.47. The average Bonchev–Trinajstić information content (AvgIpc) is 2.76. The molecule has 2 nitrogen and oxygen atoms in total. The van der Waals surface area contributed by atoms with Crippen molar-refractivity contribution in [2.75, 3.05) is 0 Å². The second kappa shape index (κ2) is 5.87. The summed E-state index contributed by atoms with van der Waals surface area (Å²) in [4.78, 5) is 4.53. The van der Waals surface area contributed by atoms with E-state index in [9.17, 15) is 0 Å². The van der Waals surface area contributed by atoms with Gasteiger partial charge >= 0.3 is 0 Å². The van der Waals surface area contributed by atoms with Gasteiger partial charge in [-0.1, -0.05) is 26.2 Å². The summed E-state index contributed by atoms with van der Waals surface area (Å²) in [5, 5.41) is 2.16. The third-order valence-corrected chi connectivity index (χ3v) is 4.75. The van der Waals surface area contributed by atoms with Crippen molar-refractivity contribution >= 4 is 23.3 Å². The number of rotatable bonds is 4. The lowest BCUT2D eigenvalue weighted by molar-refractivity contribution is 0.423. The highest BCUT2D eigenvalue weighted by Crippen LogP contribution is 2.24. The standard InChI is InChI=1S/C11H18N2S2/c1-2-9-8-14-11(12-9)15-13-10-6-4-3-5-7-10/h8,10,13H,2-7H2,1H3. The van der Waals surface area contributed by atoms with E-state index in [2.05, 4.69) is 22.0 Å². The van der Waals surface area contributed by atoms with Gasteiger partial charge in [0, 0.05) is 11.4 Å². The van der Waals surface area contributed by atoms with Crippen LogP contribution >= 0.6 is 23.3 Å². The molecule has 1 fully saturated rings. The Balaban J connectivity index is 1.76. The van der Waals surface area contributed by atoms with Crippen molar-refractivity contribution in [1.29, 1.82) is 0 Å². The van der Waals surface area contributed by atoms with Crippen molar-refractivity contribution < 1.29 is 0 Å². The van der Waals surface area contributed by atoms with Crippen LogP contribution in [0.25, 0.3) is 0 Å². The maximum atomic E-state index is 4.53. The Morgan fingerprint density at radius 3 is 2.93 bits per heavy atom. The Labute approximate surface area is 100 Å². The number of nitrogens with one attached hydrogen (secondary N) is 1. The van der Waals surface area contributed by atoms with Crippen molar-refractivity contribution in [3.8, 4) is 0 Å². The molecular weight excluding hydrogens is 224 g/mol. The Bertz CT molecular complexity index is 293. The van der Waals surface area contributed by atoms with Crippen LogP contribution in [0.4, 0.5) is 0 Å². The van der Waals surface area contributed by atoms with Gasteiger partial charge in [0.15, 0.2) is 4.34 Å². The van der Waals surface area contributed by atoms with E-state index in [1.165, 1.54) is 37.8 Å². The molecule has 1 aliphatic carbocycles. The summed E-state index contributed by atoms with van der Waals surface area (Å²) in [5.41, 5.74) is 1.22. The topological polar surface area (TPSA) is 24.9 Å². The average molecular weight is 242 g/mol. The minimum atomic E-state index is 0.706. The molecule has 1 aromatic rings. The van der Waals surface area contributed by atoms with Crippen molar-refractivity contribution in [2.24, 2.45) is 0 Å². The largest absolute Gasteiger partial charge is 0.255 e. The van der Waals surface area contributed by atoms with Gasteiger partial charge in [0.25, 0.3) is 0 Å². The quantitative estimate of drug-likeness (QED) is 0.816. The molecule has 4 heteroatoms. The zero-order valence-electron chi connectivity index (χ0n) is 9.16. The van der Waals surface area contributed by atoms with E-state index in [1.807, 2.05) is 0 Å². The summed E-state index contributed by atoms with van der Waals surface area (Å²) < 4.78 is 4.70. The molecule has 1 aromatic heterocycles.